The van der Waals surface area contributed by atoms with Crippen LogP contribution >= 0.6 is 0 Å². The molecule has 0 radical (unpaired) electrons. The van der Waals surface area contributed by atoms with Gasteiger partial charge in [0.2, 0.25) is 0 Å². The van der Waals surface area contributed by atoms with Crippen molar-refractivity contribution in [3.8, 4) is 0 Å². The lowest BCUT2D eigenvalue weighted by molar-refractivity contribution is 0.329. The molecule has 1 aromatic rings. The highest BCUT2D eigenvalue weighted by atomic mass is 19.2. The van der Waals surface area contributed by atoms with Gasteiger partial charge < -0.3 is 10.2 Å². The third kappa shape index (κ3) is 3.50. The van der Waals surface area contributed by atoms with Crippen LogP contribution in [0.5, 0.6) is 0 Å². The summed E-state index contributed by atoms with van der Waals surface area (Å²) in [6.07, 6.45) is 2.58. The normalized spacial score (nSPS) is 18.2. The van der Waals surface area contributed by atoms with Crippen molar-refractivity contribution in [1.82, 2.24) is 10.2 Å². The summed E-state index contributed by atoms with van der Waals surface area (Å²) in [7, 11) is 0. The quantitative estimate of drug-likeness (QED) is 0.869. The number of nitrogens with zero attached hydrogens (tertiary/aromatic N) is 1. The Balaban J connectivity index is 1.79. The average Bonchev–Trinajstić information content (AvgIpc) is 2.85. The van der Waals surface area contributed by atoms with Gasteiger partial charge in [0.25, 0.3) is 0 Å². The highest BCUT2D eigenvalue weighted by molar-refractivity contribution is 5.20. The van der Waals surface area contributed by atoms with Crippen molar-refractivity contribution in [2.45, 2.75) is 25.8 Å². The molecule has 1 heterocycles. The van der Waals surface area contributed by atoms with Crippen LogP contribution in [0, 0.1) is 11.6 Å². The summed E-state index contributed by atoms with van der Waals surface area (Å²) in [6, 6.07) is 4.13. The highest BCUT2D eigenvalue weighted by Gasteiger charge is 2.12. The Morgan fingerprint density at radius 1 is 1.22 bits per heavy atom. The van der Waals surface area contributed by atoms with E-state index in [4.69, 9.17) is 0 Å². The van der Waals surface area contributed by atoms with E-state index in [9.17, 15) is 8.78 Å². The number of rotatable bonds is 5. The molecule has 0 spiro atoms. The Morgan fingerprint density at radius 3 is 2.61 bits per heavy atom. The fraction of sp³-hybridized carbons (Fsp3) is 0.571. The molecule has 2 rings (SSSR count). The monoisotopic (exact) mass is 254 g/mol. The highest BCUT2D eigenvalue weighted by Crippen LogP contribution is 2.15. The first-order valence-electron chi connectivity index (χ1n) is 6.57. The minimum atomic E-state index is -0.789. The van der Waals surface area contributed by atoms with Crippen molar-refractivity contribution in [3.05, 3.63) is 35.4 Å². The van der Waals surface area contributed by atoms with E-state index in [1.807, 2.05) is 6.92 Å². The van der Waals surface area contributed by atoms with Crippen LogP contribution in [0.2, 0.25) is 0 Å². The third-order valence-corrected chi connectivity index (χ3v) is 3.52. The minimum Gasteiger partial charge on any atom is -0.309 e. The van der Waals surface area contributed by atoms with E-state index < -0.39 is 11.6 Å². The number of nitrogens with one attached hydrogen (secondary N) is 1. The zero-order valence-corrected chi connectivity index (χ0v) is 10.8. The fourth-order valence-electron chi connectivity index (χ4n) is 2.34. The molecule has 1 atom stereocenters. The fourth-order valence-corrected chi connectivity index (χ4v) is 2.34. The van der Waals surface area contributed by atoms with Crippen molar-refractivity contribution >= 4 is 0 Å². The summed E-state index contributed by atoms with van der Waals surface area (Å²) in [4.78, 5) is 2.42. The zero-order valence-electron chi connectivity index (χ0n) is 10.8. The maximum Gasteiger partial charge on any atom is 0.159 e. The van der Waals surface area contributed by atoms with Gasteiger partial charge in [-0.1, -0.05) is 6.07 Å². The first-order chi connectivity index (χ1) is 8.66. The van der Waals surface area contributed by atoms with Crippen LogP contribution < -0.4 is 5.32 Å². The molecule has 1 unspecified atom stereocenters. The summed E-state index contributed by atoms with van der Waals surface area (Å²) in [5.41, 5.74) is 0.787. The van der Waals surface area contributed by atoms with Gasteiger partial charge in [-0.05, 0) is 50.6 Å². The van der Waals surface area contributed by atoms with Gasteiger partial charge in [-0.25, -0.2) is 8.78 Å². The van der Waals surface area contributed by atoms with Crippen LogP contribution in [0.15, 0.2) is 18.2 Å². The molecular formula is C14H20F2N2. The lowest BCUT2D eigenvalue weighted by Gasteiger charge is -2.18. The lowest BCUT2D eigenvalue weighted by Crippen LogP contribution is -2.31. The summed E-state index contributed by atoms with van der Waals surface area (Å²) in [6.45, 7) is 6.23. The van der Waals surface area contributed by atoms with Crippen LogP contribution in [0.3, 0.4) is 0 Å². The number of likely N-dealkylation sites (tertiary alicyclic amines) is 1. The Labute approximate surface area is 107 Å². The molecule has 0 aromatic heterocycles. The Morgan fingerprint density at radius 2 is 1.94 bits per heavy atom. The SMILES string of the molecule is CC(NCCN1CCCC1)c1ccc(F)c(F)c1. The van der Waals surface area contributed by atoms with Gasteiger partial charge in [0.05, 0.1) is 0 Å². The molecule has 0 saturated carbocycles. The van der Waals surface area contributed by atoms with Crippen molar-refractivity contribution in [1.29, 1.82) is 0 Å². The van der Waals surface area contributed by atoms with Crippen molar-refractivity contribution < 1.29 is 8.78 Å². The average molecular weight is 254 g/mol. The number of benzene rings is 1. The molecule has 1 aliphatic rings. The Hall–Kier alpha value is -1.00. The second-order valence-corrected chi connectivity index (χ2v) is 4.90. The predicted octanol–water partition coefficient (Wildman–Crippen LogP) is 2.71. The second-order valence-electron chi connectivity index (χ2n) is 4.90. The van der Waals surface area contributed by atoms with Crippen molar-refractivity contribution in [2.24, 2.45) is 0 Å². The molecular weight excluding hydrogens is 234 g/mol. The number of hydrogen-bond donors (Lipinski definition) is 1. The number of halogens is 2. The van der Waals surface area contributed by atoms with Crippen molar-refractivity contribution in [3.63, 3.8) is 0 Å². The summed E-state index contributed by atoms with van der Waals surface area (Å²) in [5.74, 6) is -1.57. The van der Waals surface area contributed by atoms with Gasteiger partial charge in [0.15, 0.2) is 11.6 Å². The van der Waals surface area contributed by atoms with Crippen LogP contribution in [0.4, 0.5) is 8.78 Å². The topological polar surface area (TPSA) is 15.3 Å². The van der Waals surface area contributed by atoms with E-state index in [2.05, 4.69) is 10.2 Å². The van der Waals surface area contributed by atoms with Gasteiger partial charge in [-0.2, -0.15) is 0 Å². The Kier molecular flexibility index (Phi) is 4.66. The largest absolute Gasteiger partial charge is 0.309 e. The van der Waals surface area contributed by atoms with Crippen LogP contribution in [0.25, 0.3) is 0 Å². The van der Waals surface area contributed by atoms with Crippen LogP contribution in [-0.2, 0) is 0 Å². The number of hydrogen-bond acceptors (Lipinski definition) is 2. The van der Waals surface area contributed by atoms with Gasteiger partial charge in [-0.3, -0.25) is 0 Å². The van der Waals surface area contributed by atoms with E-state index >= 15 is 0 Å². The Bertz CT molecular complexity index is 389. The van der Waals surface area contributed by atoms with E-state index in [0.717, 1.165) is 18.7 Å². The van der Waals surface area contributed by atoms with E-state index in [-0.39, 0.29) is 6.04 Å². The van der Waals surface area contributed by atoms with Crippen LogP contribution in [0.1, 0.15) is 31.4 Å². The van der Waals surface area contributed by atoms with Gasteiger partial charge in [0.1, 0.15) is 0 Å². The maximum atomic E-state index is 13.1. The molecule has 0 bridgehead atoms. The summed E-state index contributed by atoms with van der Waals surface area (Å²) in [5, 5.41) is 3.34. The van der Waals surface area contributed by atoms with Gasteiger partial charge >= 0.3 is 0 Å². The minimum absolute atomic E-state index is 0.0442. The molecule has 18 heavy (non-hydrogen) atoms. The summed E-state index contributed by atoms with van der Waals surface area (Å²) < 4.78 is 25.9. The standard InChI is InChI=1S/C14H20F2N2/c1-11(12-4-5-13(15)14(16)10-12)17-6-9-18-7-2-3-8-18/h4-5,10-11,17H,2-3,6-9H2,1H3. The third-order valence-electron chi connectivity index (χ3n) is 3.52. The summed E-state index contributed by atoms with van der Waals surface area (Å²) >= 11 is 0. The van der Waals surface area contributed by atoms with E-state index in [1.165, 1.54) is 38.1 Å². The molecule has 100 valence electrons. The molecule has 1 N–H and O–H groups in total. The molecule has 1 fully saturated rings. The smallest absolute Gasteiger partial charge is 0.159 e. The molecule has 1 aromatic carbocycles. The van der Waals surface area contributed by atoms with E-state index in [0.29, 0.717) is 0 Å². The second kappa shape index (κ2) is 6.25. The molecule has 2 nitrogen and oxygen atoms in total. The molecule has 1 saturated heterocycles. The molecule has 4 heteroatoms. The predicted molar refractivity (Wildman–Crippen MR) is 68.4 cm³/mol. The van der Waals surface area contributed by atoms with E-state index in [1.54, 1.807) is 6.07 Å². The first kappa shape index (κ1) is 13.4. The maximum absolute atomic E-state index is 13.1. The lowest BCUT2D eigenvalue weighted by atomic mass is 10.1. The van der Waals surface area contributed by atoms with Crippen molar-refractivity contribution in [2.75, 3.05) is 26.2 Å². The van der Waals surface area contributed by atoms with Gasteiger partial charge in [-0.15, -0.1) is 0 Å². The first-order valence-corrected chi connectivity index (χ1v) is 6.57. The van der Waals surface area contributed by atoms with Crippen LogP contribution in [-0.4, -0.2) is 31.1 Å². The van der Waals surface area contributed by atoms with Gasteiger partial charge in [0, 0.05) is 19.1 Å². The molecule has 0 amide bonds. The molecule has 1 aliphatic heterocycles. The molecule has 0 aliphatic carbocycles. The zero-order chi connectivity index (χ0) is 13.0.